The Bertz CT molecular complexity index is 3840. The van der Waals surface area contributed by atoms with Gasteiger partial charge in [0.05, 0.1) is 22.1 Å². The molecule has 3 heterocycles. The molecule has 0 amide bonds. The van der Waals surface area contributed by atoms with E-state index in [4.69, 9.17) is 15.0 Å². The minimum Gasteiger partial charge on any atom is -0.309 e. The van der Waals surface area contributed by atoms with E-state index in [1.54, 1.807) is 0 Å². The monoisotopic (exact) mass is 831 g/mol. The normalized spacial score (nSPS) is 12.9. The molecular formula is C60H41N5. The van der Waals surface area contributed by atoms with Crippen LogP contribution in [0.4, 0.5) is 0 Å². The molecule has 0 spiro atoms. The van der Waals surface area contributed by atoms with E-state index in [0.717, 1.165) is 60.8 Å². The lowest BCUT2D eigenvalue weighted by molar-refractivity contribution is 0.663. The molecule has 0 radical (unpaired) electrons. The van der Waals surface area contributed by atoms with Gasteiger partial charge in [-0.25, -0.2) is 4.98 Å². The molecule has 0 N–H and O–H groups in total. The van der Waals surface area contributed by atoms with Crippen molar-refractivity contribution in [1.29, 1.82) is 0 Å². The van der Waals surface area contributed by atoms with E-state index in [1.165, 1.54) is 44.2 Å². The first-order chi connectivity index (χ1) is 32.0. The Hall–Kier alpha value is -8.41. The summed E-state index contributed by atoms with van der Waals surface area (Å²) in [7, 11) is 0. The van der Waals surface area contributed by atoms with Gasteiger partial charge in [0.25, 0.3) is 0 Å². The highest BCUT2D eigenvalue weighted by Crippen LogP contribution is 2.53. The Morgan fingerprint density at radius 1 is 0.354 bits per heavy atom. The van der Waals surface area contributed by atoms with Crippen LogP contribution in [0.1, 0.15) is 25.0 Å². The molecule has 0 unspecified atom stereocenters. The predicted molar refractivity (Wildman–Crippen MR) is 268 cm³/mol. The fourth-order valence-electron chi connectivity index (χ4n) is 10.6. The quantitative estimate of drug-likeness (QED) is 0.168. The molecule has 9 aromatic carbocycles. The molecule has 0 saturated carbocycles. The Labute approximate surface area is 376 Å². The van der Waals surface area contributed by atoms with Gasteiger partial charge in [-0.2, -0.15) is 9.97 Å². The molecule has 5 nitrogen and oxygen atoms in total. The molecule has 0 bridgehead atoms. The van der Waals surface area contributed by atoms with E-state index < -0.39 is 0 Å². The third-order valence-corrected chi connectivity index (χ3v) is 13.6. The first kappa shape index (κ1) is 37.2. The lowest BCUT2D eigenvalue weighted by Gasteiger charge is -2.23. The van der Waals surface area contributed by atoms with Crippen molar-refractivity contribution in [1.82, 2.24) is 24.1 Å². The topological polar surface area (TPSA) is 48.5 Å². The van der Waals surface area contributed by atoms with Crippen molar-refractivity contribution < 1.29 is 0 Å². The van der Waals surface area contributed by atoms with Crippen LogP contribution in [0.3, 0.4) is 0 Å². The van der Waals surface area contributed by atoms with Crippen molar-refractivity contribution >= 4 is 43.6 Å². The summed E-state index contributed by atoms with van der Waals surface area (Å²) in [5.74, 6) is 1.79. The number of benzene rings is 9. The van der Waals surface area contributed by atoms with Crippen LogP contribution in [0.25, 0.3) is 111 Å². The van der Waals surface area contributed by atoms with E-state index in [1.807, 2.05) is 0 Å². The average molecular weight is 832 g/mol. The minimum absolute atomic E-state index is 0.275. The molecule has 1 aliphatic rings. The predicted octanol–water partition coefficient (Wildman–Crippen LogP) is 15.0. The van der Waals surface area contributed by atoms with E-state index >= 15 is 0 Å². The van der Waals surface area contributed by atoms with Crippen molar-refractivity contribution in [2.75, 3.05) is 0 Å². The van der Waals surface area contributed by atoms with Crippen molar-refractivity contribution in [3.63, 3.8) is 0 Å². The largest absolute Gasteiger partial charge is 0.309 e. The first-order valence-corrected chi connectivity index (χ1v) is 22.3. The molecule has 13 rings (SSSR count). The van der Waals surface area contributed by atoms with Gasteiger partial charge in [0.1, 0.15) is 0 Å². The van der Waals surface area contributed by atoms with Gasteiger partial charge in [-0.3, -0.25) is 4.57 Å². The Morgan fingerprint density at radius 2 is 0.892 bits per heavy atom. The number of hydrogen-bond donors (Lipinski definition) is 0. The SMILES string of the molecule is CC1(C)c2ccccc2-c2ccc3c4ccccc4n(-c4nc(-c5cccc(-c6ccc(-c7ccccc7)cc6)c5)nc(-c5cccc6c7ccccc7n(-c7ccccc7)c56)n4)c3c21. The van der Waals surface area contributed by atoms with Crippen LogP contribution in [-0.4, -0.2) is 24.1 Å². The van der Waals surface area contributed by atoms with E-state index in [0.29, 0.717) is 17.6 Å². The summed E-state index contributed by atoms with van der Waals surface area (Å²) in [5.41, 5.74) is 16.7. The van der Waals surface area contributed by atoms with E-state index in [9.17, 15) is 0 Å². The van der Waals surface area contributed by atoms with Gasteiger partial charge < -0.3 is 4.57 Å². The molecule has 5 heteroatoms. The van der Waals surface area contributed by atoms with Crippen LogP contribution in [-0.2, 0) is 5.41 Å². The number of rotatable bonds is 6. The zero-order valence-electron chi connectivity index (χ0n) is 35.9. The molecule has 0 saturated heterocycles. The summed E-state index contributed by atoms with van der Waals surface area (Å²) < 4.78 is 4.67. The van der Waals surface area contributed by atoms with Crippen molar-refractivity contribution in [2.24, 2.45) is 0 Å². The van der Waals surface area contributed by atoms with Gasteiger partial charge in [-0.15, -0.1) is 0 Å². The molecule has 0 aliphatic heterocycles. The summed E-state index contributed by atoms with van der Waals surface area (Å²) in [6, 6.07) is 75.8. The van der Waals surface area contributed by atoms with Crippen molar-refractivity contribution in [3.05, 3.63) is 223 Å². The second-order valence-electron chi connectivity index (χ2n) is 17.6. The van der Waals surface area contributed by atoms with E-state index in [2.05, 4.69) is 235 Å². The fraction of sp³-hybridized carbons (Fsp3) is 0.0500. The third-order valence-electron chi connectivity index (χ3n) is 13.6. The van der Waals surface area contributed by atoms with Gasteiger partial charge in [-0.1, -0.05) is 190 Å². The summed E-state index contributed by atoms with van der Waals surface area (Å²) in [6.45, 7) is 4.70. The number of para-hydroxylation sites is 4. The molecule has 306 valence electrons. The van der Waals surface area contributed by atoms with Crippen LogP contribution in [0, 0.1) is 0 Å². The zero-order valence-corrected chi connectivity index (χ0v) is 35.9. The Morgan fingerprint density at radius 3 is 1.66 bits per heavy atom. The van der Waals surface area contributed by atoms with Gasteiger partial charge in [0, 0.05) is 43.8 Å². The lowest BCUT2D eigenvalue weighted by atomic mass is 9.81. The maximum absolute atomic E-state index is 5.60. The van der Waals surface area contributed by atoms with Crippen LogP contribution >= 0.6 is 0 Å². The second kappa shape index (κ2) is 14.3. The lowest BCUT2D eigenvalue weighted by Crippen LogP contribution is -2.17. The second-order valence-corrected chi connectivity index (χ2v) is 17.6. The van der Waals surface area contributed by atoms with Gasteiger partial charge in [-0.05, 0) is 80.9 Å². The molecule has 0 atom stereocenters. The molecule has 0 fully saturated rings. The van der Waals surface area contributed by atoms with Crippen LogP contribution in [0.2, 0.25) is 0 Å². The highest BCUT2D eigenvalue weighted by Gasteiger charge is 2.38. The van der Waals surface area contributed by atoms with Gasteiger partial charge >= 0.3 is 0 Å². The smallest absolute Gasteiger partial charge is 0.238 e. The summed E-state index contributed by atoms with van der Waals surface area (Å²) >= 11 is 0. The van der Waals surface area contributed by atoms with Crippen molar-refractivity contribution in [2.45, 2.75) is 19.3 Å². The Balaban J connectivity index is 1.09. The molecule has 3 aromatic heterocycles. The highest BCUT2D eigenvalue weighted by molar-refractivity contribution is 6.14. The number of nitrogens with zero attached hydrogens (tertiary/aromatic N) is 5. The Kier molecular flexibility index (Phi) is 8.18. The van der Waals surface area contributed by atoms with Crippen LogP contribution in [0.15, 0.2) is 212 Å². The number of fused-ring (bicyclic) bond motifs is 10. The highest BCUT2D eigenvalue weighted by atomic mass is 15.2. The van der Waals surface area contributed by atoms with Gasteiger partial charge in [0.2, 0.25) is 5.95 Å². The standard InChI is InChI=1S/C60H41N5/c1-60(2)51-28-12-9-23-44(51)47-35-36-49-46-25-11-14-30-53(46)65(56(49)54(47)60)59-62-57(42-20-15-19-41(37-42)40-33-31-39(32-34-40)38-17-5-3-6-18-38)61-58(63-59)50-27-16-26-48-45-24-10-13-29-52(45)64(55(48)50)43-21-7-4-8-22-43/h3-37H,1-2H3. The fourth-order valence-corrected chi connectivity index (χ4v) is 10.6. The maximum atomic E-state index is 5.60. The number of hydrogen-bond acceptors (Lipinski definition) is 3. The number of aromatic nitrogens is 5. The summed E-state index contributed by atoms with van der Waals surface area (Å²) in [5, 5.41) is 4.65. The zero-order chi connectivity index (χ0) is 43.2. The average Bonchev–Trinajstić information content (AvgIpc) is 3.97. The molecular weight excluding hydrogens is 791 g/mol. The van der Waals surface area contributed by atoms with Crippen molar-refractivity contribution in [3.8, 4) is 67.8 Å². The minimum atomic E-state index is -0.275. The van der Waals surface area contributed by atoms with Crippen LogP contribution in [0.5, 0.6) is 0 Å². The summed E-state index contributed by atoms with van der Waals surface area (Å²) in [6.07, 6.45) is 0. The maximum Gasteiger partial charge on any atom is 0.238 e. The third kappa shape index (κ3) is 5.68. The van der Waals surface area contributed by atoms with E-state index in [-0.39, 0.29) is 5.41 Å². The van der Waals surface area contributed by atoms with Gasteiger partial charge in [0.15, 0.2) is 11.6 Å². The first-order valence-electron chi connectivity index (χ1n) is 22.3. The molecule has 1 aliphatic carbocycles. The molecule has 65 heavy (non-hydrogen) atoms. The summed E-state index contributed by atoms with van der Waals surface area (Å²) in [4.78, 5) is 16.6. The molecule has 12 aromatic rings. The van der Waals surface area contributed by atoms with Crippen LogP contribution < -0.4 is 0 Å².